The van der Waals surface area contributed by atoms with Crippen LogP contribution < -0.4 is 0 Å². The first-order valence-electron chi connectivity index (χ1n) is 9.65. The molecule has 1 N–H and O–H groups in total. The van der Waals surface area contributed by atoms with Crippen LogP contribution >= 0.6 is 0 Å². The second kappa shape index (κ2) is 4.71. The van der Waals surface area contributed by atoms with Gasteiger partial charge in [-0.1, -0.05) is 26.3 Å². The van der Waals surface area contributed by atoms with Crippen LogP contribution in [0.4, 0.5) is 0 Å². The quantitative estimate of drug-likeness (QED) is 0.713. The Morgan fingerprint density at radius 2 is 1.78 bits per heavy atom. The van der Waals surface area contributed by atoms with Gasteiger partial charge in [-0.3, -0.25) is 4.79 Å². The van der Waals surface area contributed by atoms with E-state index in [1.54, 1.807) is 0 Å². The second-order valence-electron chi connectivity index (χ2n) is 9.79. The second-order valence-corrected chi connectivity index (χ2v) is 9.79. The fourth-order valence-electron chi connectivity index (χ4n) is 7.15. The van der Waals surface area contributed by atoms with Gasteiger partial charge >= 0.3 is 0 Å². The standard InChI is InChI=1S/C21H32O2/c1-13-11-14-12-15(22)5-8-19(14,2)16-6-9-20(3)17(18(13)16)7-10-21(20,4)23/h12-13,16-18,23H,5-11H2,1-4H3/t13-,16+,17+,18+,19-,20+,21+/m1/s1. The van der Waals surface area contributed by atoms with Crippen molar-refractivity contribution in [3.05, 3.63) is 11.6 Å². The highest BCUT2D eigenvalue weighted by molar-refractivity contribution is 5.91. The van der Waals surface area contributed by atoms with Crippen molar-refractivity contribution in [2.24, 2.45) is 34.5 Å². The van der Waals surface area contributed by atoms with Gasteiger partial charge in [0.25, 0.3) is 0 Å². The van der Waals surface area contributed by atoms with Crippen LogP contribution in [0.5, 0.6) is 0 Å². The maximum atomic E-state index is 11.9. The molecule has 0 amide bonds. The number of carbonyl (C=O) groups excluding carboxylic acids is 1. The van der Waals surface area contributed by atoms with E-state index in [4.69, 9.17) is 0 Å². The maximum Gasteiger partial charge on any atom is 0.155 e. The average molecular weight is 316 g/mol. The van der Waals surface area contributed by atoms with Crippen LogP contribution in [0.2, 0.25) is 0 Å². The molecule has 3 saturated carbocycles. The van der Waals surface area contributed by atoms with Crippen LogP contribution in [-0.4, -0.2) is 16.5 Å². The first kappa shape index (κ1) is 15.9. The van der Waals surface area contributed by atoms with Crippen LogP contribution in [0.25, 0.3) is 0 Å². The molecule has 0 heterocycles. The summed E-state index contributed by atoms with van der Waals surface area (Å²) < 4.78 is 0. The van der Waals surface area contributed by atoms with Crippen LogP contribution in [0.1, 0.15) is 72.6 Å². The molecular formula is C21H32O2. The Morgan fingerprint density at radius 3 is 2.52 bits per heavy atom. The smallest absolute Gasteiger partial charge is 0.155 e. The summed E-state index contributed by atoms with van der Waals surface area (Å²) in [6.45, 7) is 9.26. The average Bonchev–Trinajstić information content (AvgIpc) is 2.72. The summed E-state index contributed by atoms with van der Waals surface area (Å²) in [5.74, 6) is 3.06. The summed E-state index contributed by atoms with van der Waals surface area (Å²) in [5.41, 5.74) is 1.27. The SMILES string of the molecule is C[C@@H]1CC2=CC(=O)CC[C@@]2(C)[C@H]2CC[C@@]3(C)[C@@H](CC[C@]3(C)O)[C@@H]12. The third-order valence-corrected chi connectivity index (χ3v) is 8.87. The number of rotatable bonds is 0. The summed E-state index contributed by atoms with van der Waals surface area (Å²) in [7, 11) is 0. The molecule has 23 heavy (non-hydrogen) atoms. The lowest BCUT2D eigenvalue weighted by Gasteiger charge is -2.60. The monoisotopic (exact) mass is 316 g/mol. The zero-order chi connectivity index (χ0) is 16.6. The van der Waals surface area contributed by atoms with Gasteiger partial charge in [0.1, 0.15) is 0 Å². The summed E-state index contributed by atoms with van der Waals surface area (Å²) >= 11 is 0. The number of aliphatic hydroxyl groups is 1. The molecule has 0 unspecified atom stereocenters. The molecule has 4 aliphatic carbocycles. The Labute approximate surface area is 140 Å². The van der Waals surface area contributed by atoms with E-state index in [2.05, 4.69) is 27.7 Å². The zero-order valence-electron chi connectivity index (χ0n) is 15.2. The van der Waals surface area contributed by atoms with E-state index in [9.17, 15) is 9.90 Å². The highest BCUT2D eigenvalue weighted by Crippen LogP contribution is 2.68. The highest BCUT2D eigenvalue weighted by atomic mass is 16.3. The van der Waals surface area contributed by atoms with Crippen molar-refractivity contribution < 1.29 is 9.90 Å². The van der Waals surface area contributed by atoms with Crippen molar-refractivity contribution >= 4 is 5.78 Å². The lowest BCUT2D eigenvalue weighted by Crippen LogP contribution is -2.55. The van der Waals surface area contributed by atoms with Crippen LogP contribution in [-0.2, 0) is 4.79 Å². The van der Waals surface area contributed by atoms with Crippen molar-refractivity contribution in [1.82, 2.24) is 0 Å². The molecule has 3 fully saturated rings. The Morgan fingerprint density at radius 1 is 1.09 bits per heavy atom. The number of carbonyl (C=O) groups is 1. The minimum atomic E-state index is -0.498. The topological polar surface area (TPSA) is 37.3 Å². The van der Waals surface area contributed by atoms with Crippen LogP contribution in [0, 0.1) is 34.5 Å². The van der Waals surface area contributed by atoms with E-state index in [-0.39, 0.29) is 10.8 Å². The van der Waals surface area contributed by atoms with E-state index in [1.807, 2.05) is 6.08 Å². The molecular weight excluding hydrogens is 284 g/mol. The molecule has 0 bridgehead atoms. The molecule has 0 saturated heterocycles. The summed E-state index contributed by atoms with van der Waals surface area (Å²) in [4.78, 5) is 11.9. The molecule has 2 nitrogen and oxygen atoms in total. The Kier molecular flexibility index (Phi) is 3.25. The van der Waals surface area contributed by atoms with E-state index < -0.39 is 5.60 Å². The summed E-state index contributed by atoms with van der Waals surface area (Å²) in [6, 6.07) is 0. The highest BCUT2D eigenvalue weighted by Gasteiger charge is 2.63. The van der Waals surface area contributed by atoms with E-state index in [0.717, 1.165) is 38.0 Å². The summed E-state index contributed by atoms with van der Waals surface area (Å²) in [5, 5.41) is 11.0. The molecule has 0 aromatic carbocycles. The van der Waals surface area contributed by atoms with E-state index >= 15 is 0 Å². The van der Waals surface area contributed by atoms with Crippen molar-refractivity contribution in [3.63, 3.8) is 0 Å². The number of hydrogen-bond acceptors (Lipinski definition) is 2. The minimum absolute atomic E-state index is 0.0878. The zero-order valence-corrected chi connectivity index (χ0v) is 15.2. The Balaban J connectivity index is 1.74. The predicted octanol–water partition coefficient (Wildman–Crippen LogP) is 4.52. The van der Waals surface area contributed by atoms with Crippen molar-refractivity contribution in [2.45, 2.75) is 78.2 Å². The fraction of sp³-hybridized carbons (Fsp3) is 0.857. The molecule has 0 aromatic rings. The third kappa shape index (κ3) is 1.94. The van der Waals surface area contributed by atoms with Gasteiger partial charge in [0.2, 0.25) is 0 Å². The van der Waals surface area contributed by atoms with Gasteiger partial charge in [-0.05, 0) is 86.0 Å². The van der Waals surface area contributed by atoms with Gasteiger partial charge in [-0.2, -0.15) is 0 Å². The van der Waals surface area contributed by atoms with E-state index in [1.165, 1.54) is 18.4 Å². The molecule has 0 radical (unpaired) electrons. The molecule has 128 valence electrons. The molecule has 7 atom stereocenters. The lowest BCUT2D eigenvalue weighted by atomic mass is 9.44. The van der Waals surface area contributed by atoms with Gasteiger partial charge in [-0.25, -0.2) is 0 Å². The van der Waals surface area contributed by atoms with Crippen LogP contribution in [0.15, 0.2) is 11.6 Å². The Hall–Kier alpha value is -0.630. The van der Waals surface area contributed by atoms with E-state index in [0.29, 0.717) is 23.5 Å². The van der Waals surface area contributed by atoms with Crippen molar-refractivity contribution in [3.8, 4) is 0 Å². The first-order chi connectivity index (χ1) is 10.7. The van der Waals surface area contributed by atoms with Gasteiger partial charge in [0.05, 0.1) is 5.60 Å². The number of allylic oxidation sites excluding steroid dienone is 1. The molecule has 0 aliphatic heterocycles. The molecule has 0 aromatic heterocycles. The number of ketones is 1. The molecule has 2 heteroatoms. The first-order valence-corrected chi connectivity index (χ1v) is 9.65. The molecule has 4 rings (SSSR count). The van der Waals surface area contributed by atoms with Gasteiger partial charge in [0, 0.05) is 6.42 Å². The molecule has 0 spiro atoms. The minimum Gasteiger partial charge on any atom is -0.390 e. The predicted molar refractivity (Wildman–Crippen MR) is 91.9 cm³/mol. The number of hydrogen-bond donors (Lipinski definition) is 1. The lowest BCUT2D eigenvalue weighted by molar-refractivity contribution is -0.132. The largest absolute Gasteiger partial charge is 0.390 e. The van der Waals surface area contributed by atoms with Gasteiger partial charge in [0.15, 0.2) is 5.78 Å². The summed E-state index contributed by atoms with van der Waals surface area (Å²) in [6.07, 6.45) is 9.39. The fourth-order valence-corrected chi connectivity index (χ4v) is 7.15. The van der Waals surface area contributed by atoms with Crippen molar-refractivity contribution in [2.75, 3.05) is 0 Å². The van der Waals surface area contributed by atoms with Crippen LogP contribution in [0.3, 0.4) is 0 Å². The third-order valence-electron chi connectivity index (χ3n) is 8.87. The number of fused-ring (bicyclic) bond motifs is 5. The van der Waals surface area contributed by atoms with Gasteiger partial charge < -0.3 is 5.11 Å². The Bertz CT molecular complexity index is 574. The molecule has 4 aliphatic rings. The van der Waals surface area contributed by atoms with Gasteiger partial charge in [-0.15, -0.1) is 0 Å². The normalized spacial score (nSPS) is 55.7. The maximum absolute atomic E-state index is 11.9. The van der Waals surface area contributed by atoms with Crippen molar-refractivity contribution in [1.29, 1.82) is 0 Å².